The number of nitrogens with zero attached hydrogens (tertiary/aromatic N) is 2. The summed E-state index contributed by atoms with van der Waals surface area (Å²) in [5.74, 6) is 0. The van der Waals surface area contributed by atoms with Crippen molar-refractivity contribution in [1.82, 2.24) is 9.88 Å². The van der Waals surface area contributed by atoms with Gasteiger partial charge in [0.25, 0.3) is 0 Å². The Morgan fingerprint density at radius 3 is 2.93 bits per heavy atom. The van der Waals surface area contributed by atoms with Crippen molar-refractivity contribution in [3.8, 4) is 0 Å². The highest BCUT2D eigenvalue weighted by Crippen LogP contribution is 2.30. The zero-order valence-electron chi connectivity index (χ0n) is 9.33. The van der Waals surface area contributed by atoms with Crippen LogP contribution in [-0.4, -0.2) is 23.0 Å². The lowest BCUT2D eigenvalue weighted by Crippen LogP contribution is -2.23. The van der Waals surface area contributed by atoms with Gasteiger partial charge in [0.05, 0.1) is 0 Å². The highest BCUT2D eigenvalue weighted by Gasteiger charge is 2.29. The van der Waals surface area contributed by atoms with Crippen LogP contribution >= 0.6 is 11.6 Å². The predicted molar refractivity (Wildman–Crippen MR) is 62.9 cm³/mol. The van der Waals surface area contributed by atoms with E-state index in [0.29, 0.717) is 10.6 Å². The summed E-state index contributed by atoms with van der Waals surface area (Å²) in [6.45, 7) is 7.88. The van der Waals surface area contributed by atoms with E-state index in [1.165, 1.54) is 6.42 Å². The number of halogens is 1. The molecule has 1 saturated heterocycles. The summed E-state index contributed by atoms with van der Waals surface area (Å²) in [4.78, 5) is 6.54. The molecular weight excluding hydrogens is 208 g/mol. The number of rotatable bonds is 2. The molecule has 2 heterocycles. The highest BCUT2D eigenvalue weighted by atomic mass is 35.5. The molecule has 0 saturated carbocycles. The van der Waals surface area contributed by atoms with Crippen LogP contribution in [-0.2, 0) is 6.54 Å². The molecule has 0 bridgehead atoms. The number of aromatic nitrogens is 1. The van der Waals surface area contributed by atoms with Crippen molar-refractivity contribution in [3.63, 3.8) is 0 Å². The third-order valence-electron chi connectivity index (χ3n) is 2.99. The molecule has 1 aromatic heterocycles. The quantitative estimate of drug-likeness (QED) is 0.719. The molecule has 2 nitrogen and oxygen atoms in total. The highest BCUT2D eigenvalue weighted by molar-refractivity contribution is 6.30. The second kappa shape index (κ2) is 4.11. The van der Waals surface area contributed by atoms with Gasteiger partial charge in [-0.1, -0.05) is 31.5 Å². The summed E-state index contributed by atoms with van der Waals surface area (Å²) in [6, 6.07) is 4.00. The van der Waals surface area contributed by atoms with Crippen molar-refractivity contribution < 1.29 is 0 Å². The average Bonchev–Trinajstić information content (AvgIpc) is 2.50. The average molecular weight is 225 g/mol. The first kappa shape index (κ1) is 10.9. The van der Waals surface area contributed by atoms with Crippen molar-refractivity contribution in [3.05, 3.63) is 29.0 Å². The third kappa shape index (κ3) is 2.70. The molecule has 82 valence electrons. The monoisotopic (exact) mass is 224 g/mol. The molecular formula is C12H17ClN2. The van der Waals surface area contributed by atoms with E-state index in [9.17, 15) is 0 Å². The Morgan fingerprint density at radius 2 is 2.33 bits per heavy atom. The van der Waals surface area contributed by atoms with Crippen LogP contribution in [0.25, 0.3) is 0 Å². The topological polar surface area (TPSA) is 16.1 Å². The summed E-state index contributed by atoms with van der Waals surface area (Å²) in [7, 11) is 0. The first-order chi connectivity index (χ1) is 7.07. The number of likely N-dealkylation sites (tertiary alicyclic amines) is 1. The van der Waals surface area contributed by atoms with Gasteiger partial charge >= 0.3 is 0 Å². The van der Waals surface area contributed by atoms with E-state index >= 15 is 0 Å². The van der Waals surface area contributed by atoms with Gasteiger partial charge in [-0.2, -0.15) is 0 Å². The predicted octanol–water partition coefficient (Wildman–Crippen LogP) is 2.97. The fourth-order valence-corrected chi connectivity index (χ4v) is 2.32. The van der Waals surface area contributed by atoms with Crippen LogP contribution in [0.1, 0.15) is 25.8 Å². The maximum Gasteiger partial charge on any atom is 0.133 e. The van der Waals surface area contributed by atoms with Crippen LogP contribution in [0.4, 0.5) is 0 Å². The van der Waals surface area contributed by atoms with E-state index in [1.807, 2.05) is 6.07 Å². The maximum atomic E-state index is 6.04. The van der Waals surface area contributed by atoms with Crippen LogP contribution in [0.3, 0.4) is 0 Å². The van der Waals surface area contributed by atoms with Gasteiger partial charge in [0.1, 0.15) is 5.15 Å². The van der Waals surface area contributed by atoms with Crippen molar-refractivity contribution in [2.75, 3.05) is 13.1 Å². The van der Waals surface area contributed by atoms with Gasteiger partial charge in [-0.25, -0.2) is 4.98 Å². The molecule has 0 amide bonds. The molecule has 1 aliphatic rings. The molecule has 0 aliphatic carbocycles. The Kier molecular flexibility index (Phi) is 2.98. The number of hydrogen-bond acceptors (Lipinski definition) is 2. The van der Waals surface area contributed by atoms with Gasteiger partial charge in [-0.3, -0.25) is 4.90 Å². The van der Waals surface area contributed by atoms with Crippen LogP contribution in [0, 0.1) is 5.41 Å². The summed E-state index contributed by atoms with van der Waals surface area (Å²) >= 11 is 6.04. The van der Waals surface area contributed by atoms with Crippen LogP contribution in [0.2, 0.25) is 5.15 Å². The molecule has 0 spiro atoms. The Morgan fingerprint density at radius 1 is 1.53 bits per heavy atom. The Labute approximate surface area is 96.3 Å². The van der Waals surface area contributed by atoms with E-state index in [-0.39, 0.29) is 0 Å². The van der Waals surface area contributed by atoms with E-state index in [2.05, 4.69) is 29.8 Å². The van der Waals surface area contributed by atoms with Crippen molar-refractivity contribution >= 4 is 11.6 Å². The molecule has 0 aromatic carbocycles. The maximum absolute atomic E-state index is 6.04. The van der Waals surface area contributed by atoms with E-state index in [0.717, 1.165) is 25.2 Å². The summed E-state index contributed by atoms with van der Waals surface area (Å²) in [5, 5.41) is 0.641. The minimum atomic E-state index is 0.453. The normalized spacial score (nSPS) is 20.7. The second-order valence-corrected chi connectivity index (χ2v) is 5.44. The molecule has 1 aliphatic heterocycles. The van der Waals surface area contributed by atoms with Crippen molar-refractivity contribution in [2.45, 2.75) is 26.8 Å². The van der Waals surface area contributed by atoms with Crippen LogP contribution < -0.4 is 0 Å². The van der Waals surface area contributed by atoms with Gasteiger partial charge in [0, 0.05) is 24.8 Å². The van der Waals surface area contributed by atoms with Crippen molar-refractivity contribution in [2.24, 2.45) is 5.41 Å². The number of hydrogen-bond donors (Lipinski definition) is 0. The SMILES string of the molecule is CC1(C)CCN(Cc2cccnc2Cl)C1. The van der Waals surface area contributed by atoms with Crippen molar-refractivity contribution in [1.29, 1.82) is 0 Å². The Bertz CT molecular complexity index is 349. The van der Waals surface area contributed by atoms with Gasteiger partial charge in [0.15, 0.2) is 0 Å². The number of pyridine rings is 1. The largest absolute Gasteiger partial charge is 0.298 e. The van der Waals surface area contributed by atoms with E-state index in [4.69, 9.17) is 11.6 Å². The third-order valence-corrected chi connectivity index (χ3v) is 3.33. The zero-order chi connectivity index (χ0) is 10.9. The Hall–Kier alpha value is -0.600. The van der Waals surface area contributed by atoms with Crippen LogP contribution in [0.15, 0.2) is 18.3 Å². The van der Waals surface area contributed by atoms with E-state index < -0.39 is 0 Å². The molecule has 0 N–H and O–H groups in total. The summed E-state index contributed by atoms with van der Waals surface area (Å²) in [5.41, 5.74) is 1.59. The molecule has 15 heavy (non-hydrogen) atoms. The first-order valence-corrected chi connectivity index (χ1v) is 5.76. The summed E-state index contributed by atoms with van der Waals surface area (Å²) < 4.78 is 0. The fourth-order valence-electron chi connectivity index (χ4n) is 2.14. The second-order valence-electron chi connectivity index (χ2n) is 5.08. The van der Waals surface area contributed by atoms with Gasteiger partial charge in [0.2, 0.25) is 0 Å². The lowest BCUT2D eigenvalue weighted by molar-refractivity contribution is 0.284. The smallest absolute Gasteiger partial charge is 0.133 e. The molecule has 1 aromatic rings. The molecule has 3 heteroatoms. The molecule has 0 radical (unpaired) electrons. The molecule has 2 rings (SSSR count). The van der Waals surface area contributed by atoms with E-state index in [1.54, 1.807) is 6.20 Å². The standard InChI is InChI=1S/C12H17ClN2/c1-12(2)5-7-15(9-12)8-10-4-3-6-14-11(10)13/h3-4,6H,5,7-9H2,1-2H3. The Balaban J connectivity index is 2.02. The van der Waals surface area contributed by atoms with Gasteiger partial charge in [-0.15, -0.1) is 0 Å². The molecule has 0 atom stereocenters. The zero-order valence-corrected chi connectivity index (χ0v) is 10.1. The minimum Gasteiger partial charge on any atom is -0.298 e. The van der Waals surface area contributed by atoms with Gasteiger partial charge < -0.3 is 0 Å². The fraction of sp³-hybridized carbons (Fsp3) is 0.583. The summed E-state index contributed by atoms with van der Waals surface area (Å²) in [6.07, 6.45) is 3.00. The molecule has 0 unspecified atom stereocenters. The lowest BCUT2D eigenvalue weighted by atomic mass is 9.93. The van der Waals surface area contributed by atoms with Crippen LogP contribution in [0.5, 0.6) is 0 Å². The lowest BCUT2D eigenvalue weighted by Gasteiger charge is -2.19. The minimum absolute atomic E-state index is 0.453. The molecule has 1 fully saturated rings. The first-order valence-electron chi connectivity index (χ1n) is 5.39. The van der Waals surface area contributed by atoms with Gasteiger partial charge in [-0.05, 0) is 24.4 Å².